The van der Waals surface area contributed by atoms with Gasteiger partial charge in [-0.05, 0) is 62.5 Å². The Kier molecular flexibility index (Phi) is 6.20. The van der Waals surface area contributed by atoms with Crippen molar-refractivity contribution < 1.29 is 23.9 Å². The molecule has 1 unspecified atom stereocenters. The van der Waals surface area contributed by atoms with Gasteiger partial charge < -0.3 is 19.4 Å². The number of aromatic nitrogens is 1. The van der Waals surface area contributed by atoms with Crippen LogP contribution in [0.5, 0.6) is 0 Å². The lowest BCUT2D eigenvalue weighted by molar-refractivity contribution is -0.237. The summed E-state index contributed by atoms with van der Waals surface area (Å²) in [5.41, 5.74) is 3.33. The first-order chi connectivity index (χ1) is 15.4. The van der Waals surface area contributed by atoms with E-state index < -0.39 is 17.7 Å². The Morgan fingerprint density at radius 3 is 2.50 bits per heavy atom. The third kappa shape index (κ3) is 3.86. The number of fused-ring (bicyclic) bond motifs is 4. The number of nitrogens with zero attached hydrogens (tertiary/aromatic N) is 1. The molecular formula is C25H30N2O5. The van der Waals surface area contributed by atoms with Crippen molar-refractivity contribution in [3.63, 3.8) is 0 Å². The van der Waals surface area contributed by atoms with Crippen LogP contribution in [-0.2, 0) is 37.8 Å². The summed E-state index contributed by atoms with van der Waals surface area (Å²) in [6.45, 7) is 5.42. The maximum atomic E-state index is 12.6. The van der Waals surface area contributed by atoms with Gasteiger partial charge in [0.05, 0.1) is 0 Å². The summed E-state index contributed by atoms with van der Waals surface area (Å²) in [6, 6.07) is 5.78. The number of esters is 2. The van der Waals surface area contributed by atoms with Gasteiger partial charge in [0.15, 0.2) is 5.78 Å². The highest BCUT2D eigenvalue weighted by Gasteiger charge is 2.51. The lowest BCUT2D eigenvalue weighted by Gasteiger charge is -2.39. The predicted molar refractivity (Wildman–Crippen MR) is 120 cm³/mol. The second-order valence-electron chi connectivity index (χ2n) is 8.64. The Labute approximate surface area is 187 Å². The summed E-state index contributed by atoms with van der Waals surface area (Å²) >= 11 is 0. The zero-order valence-corrected chi connectivity index (χ0v) is 18.9. The van der Waals surface area contributed by atoms with Crippen molar-refractivity contribution in [3.8, 4) is 0 Å². The highest BCUT2D eigenvalue weighted by Crippen LogP contribution is 2.47. The summed E-state index contributed by atoms with van der Waals surface area (Å²) in [6.07, 6.45) is 5.48. The second-order valence-corrected chi connectivity index (χ2v) is 8.64. The van der Waals surface area contributed by atoms with Gasteiger partial charge >= 0.3 is 11.9 Å². The molecule has 0 bridgehead atoms. The number of rotatable bonds is 7. The molecule has 0 saturated carbocycles. The number of Topliss-reactive ketones (excluding diaryl/α,β-unsaturated/α-hetero) is 1. The topological polar surface area (TPSA) is 86.6 Å². The molecule has 2 heterocycles. The second kappa shape index (κ2) is 8.90. The van der Waals surface area contributed by atoms with Crippen molar-refractivity contribution in [1.82, 2.24) is 9.88 Å². The van der Waals surface area contributed by atoms with E-state index in [0.29, 0.717) is 37.2 Å². The molecule has 2 aliphatic rings. The molecule has 0 fully saturated rings. The SMILES string of the molecule is CCCC(=O)c1ccc2c(c1)c1c(n2CCC)C2(CC(CNC)C1)OC(=O)C=CC(=O)O2. The van der Waals surface area contributed by atoms with Crippen LogP contribution < -0.4 is 5.32 Å². The number of aryl methyl sites for hydroxylation is 1. The molecule has 1 N–H and O–H groups in total. The van der Waals surface area contributed by atoms with Gasteiger partial charge in [0, 0.05) is 48.0 Å². The van der Waals surface area contributed by atoms with Crippen molar-refractivity contribution >= 4 is 28.6 Å². The van der Waals surface area contributed by atoms with E-state index in [1.165, 1.54) is 0 Å². The van der Waals surface area contributed by atoms with Crippen LogP contribution in [0.3, 0.4) is 0 Å². The normalized spacial score (nSPS) is 19.5. The molecule has 170 valence electrons. The van der Waals surface area contributed by atoms with E-state index in [1.54, 1.807) is 0 Å². The van der Waals surface area contributed by atoms with E-state index in [2.05, 4.69) is 16.8 Å². The van der Waals surface area contributed by atoms with Crippen molar-refractivity contribution in [1.29, 1.82) is 0 Å². The van der Waals surface area contributed by atoms with E-state index in [4.69, 9.17) is 9.47 Å². The van der Waals surface area contributed by atoms with Gasteiger partial charge in [-0.3, -0.25) is 4.79 Å². The zero-order chi connectivity index (χ0) is 22.9. The highest BCUT2D eigenvalue weighted by molar-refractivity contribution is 6.01. The first-order valence-electron chi connectivity index (χ1n) is 11.4. The average molecular weight is 439 g/mol. The van der Waals surface area contributed by atoms with E-state index in [-0.39, 0.29) is 11.7 Å². The number of carbonyl (C=O) groups is 3. The Morgan fingerprint density at radius 2 is 1.88 bits per heavy atom. The third-order valence-corrected chi connectivity index (χ3v) is 6.20. The summed E-state index contributed by atoms with van der Waals surface area (Å²) in [5, 5.41) is 4.16. The molecule has 1 aliphatic carbocycles. The van der Waals surface area contributed by atoms with E-state index in [1.807, 2.05) is 32.2 Å². The lowest BCUT2D eigenvalue weighted by Crippen LogP contribution is -2.45. The first-order valence-corrected chi connectivity index (χ1v) is 11.4. The number of ether oxygens (including phenoxy) is 2. The summed E-state index contributed by atoms with van der Waals surface area (Å²) in [5.74, 6) is -2.49. The van der Waals surface area contributed by atoms with E-state index >= 15 is 0 Å². The van der Waals surface area contributed by atoms with Gasteiger partial charge in [0.1, 0.15) is 5.69 Å². The maximum absolute atomic E-state index is 12.6. The molecule has 0 amide bonds. The first kappa shape index (κ1) is 22.3. The molecular weight excluding hydrogens is 408 g/mol. The molecule has 1 atom stereocenters. The molecule has 4 rings (SSSR count). The van der Waals surface area contributed by atoms with Gasteiger partial charge in [-0.15, -0.1) is 0 Å². The van der Waals surface area contributed by atoms with E-state index in [9.17, 15) is 14.4 Å². The zero-order valence-electron chi connectivity index (χ0n) is 18.9. The summed E-state index contributed by atoms with van der Waals surface area (Å²) < 4.78 is 13.8. The number of hydrogen-bond acceptors (Lipinski definition) is 6. The fourth-order valence-corrected chi connectivity index (χ4v) is 5.07. The van der Waals surface area contributed by atoms with Gasteiger partial charge in [-0.1, -0.05) is 13.8 Å². The van der Waals surface area contributed by atoms with Crippen molar-refractivity contribution in [2.75, 3.05) is 13.6 Å². The fourth-order valence-electron chi connectivity index (χ4n) is 5.07. The Balaban J connectivity index is 1.97. The fraction of sp³-hybridized carbons (Fsp3) is 0.480. The number of carbonyl (C=O) groups excluding carboxylic acids is 3. The quantitative estimate of drug-likeness (QED) is 0.525. The lowest BCUT2D eigenvalue weighted by atomic mass is 9.81. The molecule has 0 radical (unpaired) electrons. The van der Waals surface area contributed by atoms with Crippen LogP contribution in [0.2, 0.25) is 0 Å². The van der Waals surface area contributed by atoms with Crippen LogP contribution in [0.15, 0.2) is 30.4 Å². The molecule has 1 spiro atoms. The van der Waals surface area contributed by atoms with Gasteiger partial charge in [0.25, 0.3) is 5.79 Å². The van der Waals surface area contributed by atoms with Crippen LogP contribution >= 0.6 is 0 Å². The van der Waals surface area contributed by atoms with E-state index in [0.717, 1.165) is 47.9 Å². The number of ketones is 1. The maximum Gasteiger partial charge on any atom is 0.334 e. The van der Waals surface area contributed by atoms with Crippen molar-refractivity contribution in [2.24, 2.45) is 5.92 Å². The smallest absolute Gasteiger partial charge is 0.334 e. The van der Waals surface area contributed by atoms with Crippen molar-refractivity contribution in [3.05, 3.63) is 47.2 Å². The molecule has 2 aromatic rings. The van der Waals surface area contributed by atoms with Crippen LogP contribution in [0.4, 0.5) is 0 Å². The number of hydrogen-bond donors (Lipinski definition) is 1. The number of nitrogens with one attached hydrogen (secondary N) is 1. The molecule has 7 heteroatoms. The average Bonchev–Trinajstić information content (AvgIpc) is 2.98. The largest absolute Gasteiger partial charge is 0.413 e. The Bertz CT molecular complexity index is 1080. The van der Waals surface area contributed by atoms with Gasteiger partial charge in [-0.2, -0.15) is 0 Å². The molecule has 1 aromatic carbocycles. The highest BCUT2D eigenvalue weighted by atomic mass is 16.7. The van der Waals surface area contributed by atoms with Crippen LogP contribution in [0, 0.1) is 5.92 Å². The Hall–Kier alpha value is -2.93. The summed E-state index contributed by atoms with van der Waals surface area (Å²) in [4.78, 5) is 37.5. The molecule has 7 nitrogen and oxygen atoms in total. The minimum absolute atomic E-state index is 0.0851. The molecule has 1 aromatic heterocycles. The van der Waals surface area contributed by atoms with Crippen LogP contribution in [0.25, 0.3) is 10.9 Å². The molecule has 1 aliphatic heterocycles. The van der Waals surface area contributed by atoms with Crippen LogP contribution in [-0.4, -0.2) is 35.9 Å². The third-order valence-electron chi connectivity index (χ3n) is 6.20. The van der Waals surface area contributed by atoms with Crippen molar-refractivity contribution in [2.45, 2.75) is 58.3 Å². The minimum Gasteiger partial charge on any atom is -0.413 e. The van der Waals surface area contributed by atoms with Crippen LogP contribution in [0.1, 0.15) is 61.1 Å². The number of benzene rings is 1. The standard InChI is InChI=1S/C25H30N2O5/c1-4-6-21(28)17-7-8-20-18(13-17)19-12-16(15-26-3)14-25(24(19)27(20)11-5-2)31-22(29)9-10-23(30)32-25/h7-10,13,16,26H,4-6,11-12,14-15H2,1-3H3. The monoisotopic (exact) mass is 438 g/mol. The summed E-state index contributed by atoms with van der Waals surface area (Å²) in [7, 11) is 1.87. The minimum atomic E-state index is -1.49. The Morgan fingerprint density at radius 1 is 1.16 bits per heavy atom. The van der Waals surface area contributed by atoms with Gasteiger partial charge in [-0.25, -0.2) is 9.59 Å². The predicted octanol–water partition coefficient (Wildman–Crippen LogP) is 3.62. The molecule has 0 saturated heterocycles. The van der Waals surface area contributed by atoms with Gasteiger partial charge in [0.2, 0.25) is 0 Å². The molecule has 32 heavy (non-hydrogen) atoms.